The number of hydrogen-bond donors (Lipinski definition) is 0. The number of thiophene rings is 1. The Balaban J connectivity index is 1.29. The van der Waals surface area contributed by atoms with Crippen LogP contribution in [0.4, 0.5) is 4.39 Å². The van der Waals surface area contributed by atoms with Crippen LogP contribution < -0.4 is 9.47 Å². The molecule has 0 spiro atoms. The van der Waals surface area contributed by atoms with E-state index in [1.165, 1.54) is 17.4 Å². The van der Waals surface area contributed by atoms with Crippen LogP contribution in [-0.2, 0) is 13.2 Å². The highest BCUT2D eigenvalue weighted by atomic mass is 35.5. The van der Waals surface area contributed by atoms with Crippen molar-refractivity contribution < 1.29 is 18.7 Å². The normalized spacial score (nSPS) is 14.4. The van der Waals surface area contributed by atoms with Gasteiger partial charge in [-0.1, -0.05) is 23.7 Å². The van der Waals surface area contributed by atoms with Crippen molar-refractivity contribution in [3.05, 3.63) is 80.8 Å². The van der Waals surface area contributed by atoms with Gasteiger partial charge in [0.1, 0.15) is 23.9 Å². The summed E-state index contributed by atoms with van der Waals surface area (Å²) < 4.78 is 25.1. The number of amides is 1. The maximum Gasteiger partial charge on any atom is 0.264 e. The second-order valence-corrected chi connectivity index (χ2v) is 8.87. The standard InChI is InChI=1S/C24H24ClFN2O3S/c1-30-18-4-2-5-19(13-18)31-15-17-12-23(32-16-17)24(29)28-10-8-27(9-11-28)14-20-21(25)6-3-7-22(20)26/h2-7,12-13,16H,8-11,14-15H2,1H3. The molecule has 0 aliphatic carbocycles. The van der Waals surface area contributed by atoms with Gasteiger partial charge in [0, 0.05) is 54.9 Å². The number of halogens is 2. The topological polar surface area (TPSA) is 42.0 Å². The van der Waals surface area contributed by atoms with E-state index in [4.69, 9.17) is 21.1 Å². The smallest absolute Gasteiger partial charge is 0.264 e. The van der Waals surface area contributed by atoms with E-state index in [0.717, 1.165) is 17.1 Å². The number of piperazine rings is 1. The molecule has 3 aromatic rings. The van der Waals surface area contributed by atoms with Crippen LogP contribution in [0, 0.1) is 5.82 Å². The van der Waals surface area contributed by atoms with Crippen LogP contribution in [0.2, 0.25) is 5.02 Å². The highest BCUT2D eigenvalue weighted by molar-refractivity contribution is 7.12. The van der Waals surface area contributed by atoms with E-state index in [9.17, 15) is 9.18 Å². The third-order valence-electron chi connectivity index (χ3n) is 5.41. The Labute approximate surface area is 195 Å². The average Bonchev–Trinajstić information content (AvgIpc) is 3.29. The molecule has 0 N–H and O–H groups in total. The summed E-state index contributed by atoms with van der Waals surface area (Å²) in [6.07, 6.45) is 0. The lowest BCUT2D eigenvalue weighted by Gasteiger charge is -2.34. The summed E-state index contributed by atoms with van der Waals surface area (Å²) in [4.78, 5) is 17.6. The van der Waals surface area contributed by atoms with Crippen LogP contribution in [0.25, 0.3) is 0 Å². The Bertz CT molecular complexity index is 1060. The van der Waals surface area contributed by atoms with Crippen LogP contribution in [0.3, 0.4) is 0 Å². The van der Waals surface area contributed by atoms with Crippen molar-refractivity contribution >= 4 is 28.8 Å². The zero-order valence-corrected chi connectivity index (χ0v) is 19.3. The Morgan fingerprint density at radius 2 is 1.84 bits per heavy atom. The maximum atomic E-state index is 14.1. The second kappa shape index (κ2) is 10.3. The molecule has 5 nitrogen and oxygen atoms in total. The van der Waals surface area contributed by atoms with Gasteiger partial charge >= 0.3 is 0 Å². The lowest BCUT2D eigenvalue weighted by molar-refractivity contribution is 0.0631. The predicted molar refractivity (Wildman–Crippen MR) is 124 cm³/mol. The third kappa shape index (κ3) is 5.41. The molecule has 168 valence electrons. The monoisotopic (exact) mass is 474 g/mol. The molecular weight excluding hydrogens is 451 g/mol. The highest BCUT2D eigenvalue weighted by Gasteiger charge is 2.24. The van der Waals surface area contributed by atoms with Crippen molar-refractivity contribution in [3.8, 4) is 11.5 Å². The SMILES string of the molecule is COc1cccc(OCc2csc(C(=O)N3CCN(Cc4c(F)cccc4Cl)CC3)c2)c1. The molecule has 0 bridgehead atoms. The number of carbonyl (C=O) groups is 1. The van der Waals surface area contributed by atoms with Crippen LogP contribution in [0.5, 0.6) is 11.5 Å². The van der Waals surface area contributed by atoms with Crippen molar-refractivity contribution in [1.29, 1.82) is 0 Å². The fourth-order valence-corrected chi connectivity index (χ4v) is 4.68. The zero-order valence-electron chi connectivity index (χ0n) is 17.7. The Hall–Kier alpha value is -2.61. The molecule has 1 amide bonds. The lowest BCUT2D eigenvalue weighted by atomic mass is 10.1. The fourth-order valence-electron chi connectivity index (χ4n) is 3.59. The quantitative estimate of drug-likeness (QED) is 0.478. The van der Waals surface area contributed by atoms with Gasteiger partial charge in [-0.15, -0.1) is 11.3 Å². The van der Waals surface area contributed by atoms with E-state index in [1.807, 2.05) is 40.6 Å². The molecule has 1 aliphatic heterocycles. The van der Waals surface area contributed by atoms with Gasteiger partial charge < -0.3 is 14.4 Å². The minimum atomic E-state index is -0.293. The minimum Gasteiger partial charge on any atom is -0.497 e. The summed E-state index contributed by atoms with van der Waals surface area (Å²) in [7, 11) is 1.62. The first-order valence-corrected chi connectivity index (χ1v) is 11.6. The van der Waals surface area contributed by atoms with Crippen molar-refractivity contribution in [2.75, 3.05) is 33.3 Å². The summed E-state index contributed by atoms with van der Waals surface area (Å²) in [5.41, 5.74) is 1.46. The first-order chi connectivity index (χ1) is 15.5. The second-order valence-electron chi connectivity index (χ2n) is 7.56. The fraction of sp³-hybridized carbons (Fsp3) is 0.292. The van der Waals surface area contributed by atoms with Crippen LogP contribution >= 0.6 is 22.9 Å². The van der Waals surface area contributed by atoms with Gasteiger partial charge in [-0.2, -0.15) is 0 Å². The van der Waals surface area contributed by atoms with E-state index in [-0.39, 0.29) is 11.7 Å². The van der Waals surface area contributed by atoms with Gasteiger partial charge in [-0.05, 0) is 35.7 Å². The molecule has 1 aromatic heterocycles. The van der Waals surface area contributed by atoms with E-state index < -0.39 is 0 Å². The molecule has 2 aromatic carbocycles. The first kappa shape index (κ1) is 22.6. The molecular formula is C24H24ClFN2O3S. The van der Waals surface area contributed by atoms with Gasteiger partial charge in [-0.25, -0.2) is 4.39 Å². The van der Waals surface area contributed by atoms with Crippen molar-refractivity contribution in [3.63, 3.8) is 0 Å². The minimum absolute atomic E-state index is 0.0196. The Kier molecular flexibility index (Phi) is 7.29. The number of carbonyl (C=O) groups excluding carboxylic acids is 1. The Morgan fingerprint density at radius 3 is 2.59 bits per heavy atom. The van der Waals surface area contributed by atoms with Gasteiger partial charge in [0.15, 0.2) is 0 Å². The molecule has 2 heterocycles. The molecule has 32 heavy (non-hydrogen) atoms. The summed E-state index contributed by atoms with van der Waals surface area (Å²) in [5, 5.41) is 2.38. The molecule has 8 heteroatoms. The molecule has 4 rings (SSSR count). The number of nitrogens with zero attached hydrogens (tertiary/aromatic N) is 2. The lowest BCUT2D eigenvalue weighted by Crippen LogP contribution is -2.48. The molecule has 0 saturated carbocycles. The maximum absolute atomic E-state index is 14.1. The Morgan fingerprint density at radius 1 is 1.09 bits per heavy atom. The first-order valence-electron chi connectivity index (χ1n) is 10.3. The van der Waals surface area contributed by atoms with Gasteiger partial charge in [0.25, 0.3) is 5.91 Å². The molecule has 1 fully saturated rings. The van der Waals surface area contributed by atoms with Gasteiger partial charge in [0.2, 0.25) is 0 Å². The van der Waals surface area contributed by atoms with Gasteiger partial charge in [0.05, 0.1) is 12.0 Å². The van der Waals surface area contributed by atoms with Crippen LogP contribution in [-0.4, -0.2) is 49.0 Å². The largest absolute Gasteiger partial charge is 0.497 e. The van der Waals surface area contributed by atoms with E-state index in [2.05, 4.69) is 4.90 Å². The molecule has 0 unspecified atom stereocenters. The summed E-state index contributed by atoms with van der Waals surface area (Å²) in [5.74, 6) is 1.18. The van der Waals surface area contributed by atoms with Crippen molar-refractivity contribution in [2.45, 2.75) is 13.2 Å². The summed E-state index contributed by atoms with van der Waals surface area (Å²) >= 11 is 7.57. The summed E-state index contributed by atoms with van der Waals surface area (Å²) in [6, 6.07) is 14.0. The number of hydrogen-bond acceptors (Lipinski definition) is 5. The molecule has 1 saturated heterocycles. The third-order valence-corrected chi connectivity index (χ3v) is 6.74. The summed E-state index contributed by atoms with van der Waals surface area (Å²) in [6.45, 7) is 3.37. The van der Waals surface area contributed by atoms with Crippen molar-refractivity contribution in [1.82, 2.24) is 9.80 Å². The van der Waals surface area contributed by atoms with E-state index >= 15 is 0 Å². The number of methoxy groups -OCH3 is 1. The molecule has 0 atom stereocenters. The van der Waals surface area contributed by atoms with E-state index in [0.29, 0.717) is 54.8 Å². The highest BCUT2D eigenvalue weighted by Crippen LogP contribution is 2.24. The number of benzene rings is 2. The average molecular weight is 475 g/mol. The van der Waals surface area contributed by atoms with Crippen LogP contribution in [0.1, 0.15) is 20.8 Å². The molecule has 1 aliphatic rings. The van der Waals surface area contributed by atoms with Crippen LogP contribution in [0.15, 0.2) is 53.9 Å². The zero-order chi connectivity index (χ0) is 22.5. The van der Waals surface area contributed by atoms with E-state index in [1.54, 1.807) is 19.2 Å². The van der Waals surface area contributed by atoms with Gasteiger partial charge in [-0.3, -0.25) is 9.69 Å². The van der Waals surface area contributed by atoms with Crippen molar-refractivity contribution in [2.24, 2.45) is 0 Å². The predicted octanol–water partition coefficient (Wildman–Crippen LogP) is 5.09. The number of rotatable bonds is 7. The number of ether oxygens (including phenoxy) is 2. The molecule has 0 radical (unpaired) electrons.